The number of primary amides is 1. The van der Waals surface area contributed by atoms with Crippen LogP contribution >= 0.6 is 0 Å². The Labute approximate surface area is 174 Å². The van der Waals surface area contributed by atoms with Crippen molar-refractivity contribution in [1.29, 1.82) is 0 Å². The molecule has 3 aromatic rings. The van der Waals surface area contributed by atoms with Crippen molar-refractivity contribution >= 4 is 23.0 Å². The van der Waals surface area contributed by atoms with Gasteiger partial charge in [-0.2, -0.15) is 9.78 Å². The molecule has 0 aliphatic heterocycles. The Bertz CT molecular complexity index is 1130. The number of nitrogens with two attached hydrogens (primary N) is 1. The molecule has 0 unspecified atom stereocenters. The molecule has 0 radical (unpaired) electrons. The molecule has 7 nitrogen and oxygen atoms in total. The van der Waals surface area contributed by atoms with Gasteiger partial charge in [-0.05, 0) is 54.8 Å². The van der Waals surface area contributed by atoms with Gasteiger partial charge in [-0.15, -0.1) is 0 Å². The minimum absolute atomic E-state index is 0.154. The molecule has 0 spiro atoms. The quantitative estimate of drug-likeness (QED) is 0.638. The number of ether oxygens (including phenoxy) is 1. The van der Waals surface area contributed by atoms with Gasteiger partial charge < -0.3 is 10.5 Å². The smallest absolute Gasteiger partial charge is 0.282 e. The van der Waals surface area contributed by atoms with Crippen LogP contribution in [0.3, 0.4) is 0 Å². The number of aromatic nitrogens is 2. The fourth-order valence-electron chi connectivity index (χ4n) is 3.81. The van der Waals surface area contributed by atoms with Crippen LogP contribution in [0.2, 0.25) is 0 Å². The lowest BCUT2D eigenvalue weighted by Gasteiger charge is -2.22. The Kier molecular flexibility index (Phi) is 5.88. The van der Waals surface area contributed by atoms with Crippen molar-refractivity contribution in [1.82, 2.24) is 9.66 Å². The maximum atomic E-state index is 13.2. The molecule has 4 rings (SSSR count). The molecule has 1 amide bonds. The topological polar surface area (TPSA) is 99.6 Å². The third kappa shape index (κ3) is 4.40. The number of carbonyl (C=O) groups excluding carboxylic acids is 1. The van der Waals surface area contributed by atoms with E-state index in [-0.39, 0.29) is 18.1 Å². The first-order valence-corrected chi connectivity index (χ1v) is 10.2. The van der Waals surface area contributed by atoms with E-state index in [4.69, 9.17) is 15.5 Å². The van der Waals surface area contributed by atoms with Crippen molar-refractivity contribution in [2.75, 3.05) is 6.61 Å². The maximum absolute atomic E-state index is 13.2. The van der Waals surface area contributed by atoms with Gasteiger partial charge in [0.2, 0.25) is 0 Å². The van der Waals surface area contributed by atoms with E-state index in [1.54, 1.807) is 36.5 Å². The van der Waals surface area contributed by atoms with E-state index in [2.05, 4.69) is 5.10 Å². The summed E-state index contributed by atoms with van der Waals surface area (Å²) in [5.41, 5.74) is 6.45. The fraction of sp³-hybridized carbons (Fsp3) is 0.304. The van der Waals surface area contributed by atoms with Crippen molar-refractivity contribution in [2.24, 2.45) is 10.8 Å². The summed E-state index contributed by atoms with van der Waals surface area (Å²) >= 11 is 0. The van der Waals surface area contributed by atoms with Gasteiger partial charge in [0.05, 0.1) is 17.1 Å². The number of nitrogens with zero attached hydrogens (tertiary/aromatic N) is 3. The number of carbonyl (C=O) groups is 1. The SMILES string of the molecule is NC(=O)COc1ccc(C=Nn2c(C3CCCCC3)nc3ccccc3c2=O)cc1. The zero-order chi connectivity index (χ0) is 20.9. The number of hydrogen-bond donors (Lipinski definition) is 1. The molecule has 154 valence electrons. The summed E-state index contributed by atoms with van der Waals surface area (Å²) in [5.74, 6) is 0.978. The predicted octanol–water partition coefficient (Wildman–Crippen LogP) is 3.19. The van der Waals surface area contributed by atoms with Crippen molar-refractivity contribution in [2.45, 2.75) is 38.0 Å². The van der Waals surface area contributed by atoms with Crippen molar-refractivity contribution in [3.63, 3.8) is 0 Å². The Morgan fingerprint density at radius 1 is 1.13 bits per heavy atom. The molecule has 0 atom stereocenters. The summed E-state index contributed by atoms with van der Waals surface area (Å²) in [6.45, 7) is -0.170. The van der Waals surface area contributed by atoms with Gasteiger partial charge in [-0.1, -0.05) is 31.4 Å². The van der Waals surface area contributed by atoms with Crippen LogP contribution in [0.15, 0.2) is 58.4 Å². The molecular weight excluding hydrogens is 380 g/mol. The van der Waals surface area contributed by atoms with Crippen LogP contribution in [0.4, 0.5) is 0 Å². The monoisotopic (exact) mass is 404 g/mol. The average Bonchev–Trinajstić information content (AvgIpc) is 2.78. The van der Waals surface area contributed by atoms with Crippen molar-refractivity contribution < 1.29 is 9.53 Å². The van der Waals surface area contributed by atoms with E-state index in [9.17, 15) is 9.59 Å². The van der Waals surface area contributed by atoms with Gasteiger partial charge in [0.15, 0.2) is 6.61 Å². The number of rotatable bonds is 6. The van der Waals surface area contributed by atoms with E-state index in [0.717, 1.165) is 37.1 Å². The van der Waals surface area contributed by atoms with Crippen LogP contribution in [-0.2, 0) is 4.79 Å². The van der Waals surface area contributed by atoms with Gasteiger partial charge in [-0.25, -0.2) is 4.98 Å². The number of benzene rings is 2. The van der Waals surface area contributed by atoms with Crippen molar-refractivity contribution in [3.05, 3.63) is 70.3 Å². The van der Waals surface area contributed by atoms with Gasteiger partial charge in [0.1, 0.15) is 11.6 Å². The standard InChI is InChI=1S/C23H24N4O3/c24-21(28)15-30-18-12-10-16(11-13-18)14-25-27-22(17-6-2-1-3-7-17)26-20-9-5-4-8-19(20)23(27)29/h4-5,8-14,17H,1-3,6-7,15H2,(H2,24,28). The molecule has 0 saturated heterocycles. The van der Waals surface area contributed by atoms with E-state index >= 15 is 0 Å². The third-order valence-corrected chi connectivity index (χ3v) is 5.33. The molecule has 30 heavy (non-hydrogen) atoms. The minimum Gasteiger partial charge on any atom is -0.484 e. The number of amides is 1. The van der Waals surface area contributed by atoms with E-state index < -0.39 is 5.91 Å². The number of para-hydroxylation sites is 1. The molecule has 1 heterocycles. The summed E-state index contributed by atoms with van der Waals surface area (Å²) in [6, 6.07) is 14.5. The van der Waals surface area contributed by atoms with Gasteiger partial charge in [-0.3, -0.25) is 9.59 Å². The first-order chi connectivity index (χ1) is 14.6. The first kappa shape index (κ1) is 19.8. The van der Waals surface area contributed by atoms with Crippen LogP contribution in [0.25, 0.3) is 10.9 Å². The normalized spacial score (nSPS) is 14.9. The summed E-state index contributed by atoms with van der Waals surface area (Å²) in [7, 11) is 0. The zero-order valence-corrected chi connectivity index (χ0v) is 16.7. The van der Waals surface area contributed by atoms with E-state index in [1.807, 2.05) is 18.2 Å². The lowest BCUT2D eigenvalue weighted by molar-refractivity contribution is -0.119. The second kappa shape index (κ2) is 8.90. The number of fused-ring (bicyclic) bond motifs is 1. The van der Waals surface area contributed by atoms with Crippen molar-refractivity contribution in [3.8, 4) is 5.75 Å². The molecule has 7 heteroatoms. The largest absolute Gasteiger partial charge is 0.484 e. The minimum atomic E-state index is -0.529. The Hall–Kier alpha value is -3.48. The van der Waals surface area contributed by atoms with Crippen LogP contribution in [0.5, 0.6) is 5.75 Å². The first-order valence-electron chi connectivity index (χ1n) is 10.2. The highest BCUT2D eigenvalue weighted by Crippen LogP contribution is 2.31. The molecule has 0 bridgehead atoms. The van der Waals surface area contributed by atoms with Gasteiger partial charge in [0, 0.05) is 5.92 Å². The molecule has 1 fully saturated rings. The molecule has 1 saturated carbocycles. The fourth-order valence-corrected chi connectivity index (χ4v) is 3.81. The Morgan fingerprint density at radius 2 is 1.87 bits per heavy atom. The molecule has 2 aromatic carbocycles. The van der Waals surface area contributed by atoms with Crippen LogP contribution in [-0.4, -0.2) is 28.4 Å². The molecule has 1 aliphatic carbocycles. The Balaban J connectivity index is 1.67. The number of hydrogen-bond acceptors (Lipinski definition) is 5. The second-order valence-corrected chi connectivity index (χ2v) is 7.51. The highest BCUT2D eigenvalue weighted by atomic mass is 16.5. The highest BCUT2D eigenvalue weighted by molar-refractivity contribution is 5.80. The maximum Gasteiger partial charge on any atom is 0.282 e. The third-order valence-electron chi connectivity index (χ3n) is 5.33. The summed E-state index contributed by atoms with van der Waals surface area (Å²) in [6.07, 6.45) is 7.19. The summed E-state index contributed by atoms with van der Waals surface area (Å²) < 4.78 is 6.72. The molecular formula is C23H24N4O3. The van der Waals surface area contributed by atoms with E-state index in [1.165, 1.54) is 11.1 Å². The molecule has 1 aliphatic rings. The average molecular weight is 404 g/mol. The summed E-state index contributed by atoms with van der Waals surface area (Å²) in [5, 5.41) is 5.07. The lowest BCUT2D eigenvalue weighted by atomic mass is 9.88. The van der Waals surface area contributed by atoms with Gasteiger partial charge >= 0.3 is 0 Å². The van der Waals surface area contributed by atoms with Crippen LogP contribution < -0.4 is 16.0 Å². The second-order valence-electron chi connectivity index (χ2n) is 7.51. The van der Waals surface area contributed by atoms with Crippen LogP contribution in [0.1, 0.15) is 49.4 Å². The van der Waals surface area contributed by atoms with E-state index in [0.29, 0.717) is 16.7 Å². The zero-order valence-electron chi connectivity index (χ0n) is 16.7. The predicted molar refractivity (Wildman–Crippen MR) is 116 cm³/mol. The Morgan fingerprint density at radius 3 is 2.60 bits per heavy atom. The highest BCUT2D eigenvalue weighted by Gasteiger charge is 2.22. The van der Waals surface area contributed by atoms with Crippen LogP contribution in [0, 0.1) is 0 Å². The molecule has 2 N–H and O–H groups in total. The molecule has 1 aromatic heterocycles. The van der Waals surface area contributed by atoms with Gasteiger partial charge in [0.25, 0.3) is 11.5 Å². The summed E-state index contributed by atoms with van der Waals surface area (Å²) in [4.78, 5) is 28.8. The lowest BCUT2D eigenvalue weighted by Crippen LogP contribution is -2.25.